The van der Waals surface area contributed by atoms with Crippen molar-refractivity contribution in [1.82, 2.24) is 0 Å². The van der Waals surface area contributed by atoms with E-state index < -0.39 is 22.3 Å². The van der Waals surface area contributed by atoms with Gasteiger partial charge < -0.3 is 10.4 Å². The Morgan fingerprint density at radius 1 is 1.29 bits per heavy atom. The number of nitro benzene ring substituents is 1. The summed E-state index contributed by atoms with van der Waals surface area (Å²) < 4.78 is 13.0. The molecule has 2 N–H and O–H groups in total. The summed E-state index contributed by atoms with van der Waals surface area (Å²) >= 11 is 0. The predicted octanol–water partition coefficient (Wildman–Crippen LogP) is 2.48. The molecule has 0 heterocycles. The Morgan fingerprint density at radius 2 is 2.00 bits per heavy atom. The average molecular weight is 290 g/mol. The van der Waals surface area contributed by atoms with E-state index in [1.165, 1.54) is 0 Å². The molecule has 0 aromatic heterocycles. The molecule has 1 amide bonds. The van der Waals surface area contributed by atoms with Gasteiger partial charge in [-0.05, 0) is 18.2 Å². The molecule has 2 aromatic rings. The summed E-state index contributed by atoms with van der Waals surface area (Å²) in [6.07, 6.45) is 0. The van der Waals surface area contributed by atoms with Crippen LogP contribution in [0.5, 0.6) is 0 Å². The Bertz CT molecular complexity index is 703. The number of nitro groups is 1. The van der Waals surface area contributed by atoms with Gasteiger partial charge >= 0.3 is 0 Å². The van der Waals surface area contributed by atoms with Gasteiger partial charge in [-0.3, -0.25) is 14.9 Å². The summed E-state index contributed by atoms with van der Waals surface area (Å²) in [5, 5.41) is 22.5. The topological polar surface area (TPSA) is 92.5 Å². The molecule has 2 rings (SSSR count). The SMILES string of the molecule is O=C(Nc1ccccc1CO)c1ccc(F)cc1[N+](=O)[O-]. The number of para-hydroxylation sites is 1. The zero-order valence-corrected chi connectivity index (χ0v) is 10.7. The molecule has 0 radical (unpaired) electrons. The van der Waals surface area contributed by atoms with Gasteiger partial charge in [-0.15, -0.1) is 0 Å². The van der Waals surface area contributed by atoms with Gasteiger partial charge in [0, 0.05) is 11.3 Å². The molecule has 6 nitrogen and oxygen atoms in total. The molecule has 0 fully saturated rings. The van der Waals surface area contributed by atoms with Crippen molar-refractivity contribution in [2.24, 2.45) is 0 Å². The van der Waals surface area contributed by atoms with Crippen molar-refractivity contribution >= 4 is 17.3 Å². The Balaban J connectivity index is 2.35. The fourth-order valence-electron chi connectivity index (χ4n) is 1.82. The molecular weight excluding hydrogens is 279 g/mol. The smallest absolute Gasteiger partial charge is 0.285 e. The van der Waals surface area contributed by atoms with Gasteiger partial charge in [-0.1, -0.05) is 18.2 Å². The largest absolute Gasteiger partial charge is 0.392 e. The molecule has 0 saturated carbocycles. The van der Waals surface area contributed by atoms with Crippen molar-refractivity contribution < 1.29 is 19.2 Å². The highest BCUT2D eigenvalue weighted by Crippen LogP contribution is 2.22. The van der Waals surface area contributed by atoms with Crippen molar-refractivity contribution in [1.29, 1.82) is 0 Å². The van der Waals surface area contributed by atoms with Crippen LogP contribution < -0.4 is 5.32 Å². The second kappa shape index (κ2) is 6.10. The molecule has 0 atom stereocenters. The number of carbonyl (C=O) groups is 1. The van der Waals surface area contributed by atoms with E-state index in [9.17, 15) is 24.4 Å². The minimum absolute atomic E-state index is 0.255. The fourth-order valence-corrected chi connectivity index (χ4v) is 1.82. The number of aliphatic hydroxyl groups is 1. The van der Waals surface area contributed by atoms with Crippen molar-refractivity contribution in [2.45, 2.75) is 6.61 Å². The Kier molecular flexibility index (Phi) is 4.24. The molecule has 21 heavy (non-hydrogen) atoms. The zero-order chi connectivity index (χ0) is 15.4. The van der Waals surface area contributed by atoms with E-state index in [-0.39, 0.29) is 12.2 Å². The molecule has 0 aliphatic rings. The van der Waals surface area contributed by atoms with Gasteiger partial charge in [-0.2, -0.15) is 0 Å². The van der Waals surface area contributed by atoms with Gasteiger partial charge in [0.05, 0.1) is 17.6 Å². The molecule has 0 aliphatic carbocycles. The molecule has 0 unspecified atom stereocenters. The molecule has 108 valence electrons. The zero-order valence-electron chi connectivity index (χ0n) is 10.7. The molecule has 0 bridgehead atoms. The number of rotatable bonds is 4. The molecule has 0 spiro atoms. The van der Waals surface area contributed by atoms with E-state index in [0.29, 0.717) is 17.3 Å². The lowest BCUT2D eigenvalue weighted by molar-refractivity contribution is -0.385. The van der Waals surface area contributed by atoms with E-state index in [0.717, 1.165) is 12.1 Å². The minimum Gasteiger partial charge on any atom is -0.392 e. The highest BCUT2D eigenvalue weighted by Gasteiger charge is 2.21. The van der Waals surface area contributed by atoms with Crippen LogP contribution >= 0.6 is 0 Å². The first-order valence-corrected chi connectivity index (χ1v) is 5.97. The first-order valence-electron chi connectivity index (χ1n) is 5.97. The van der Waals surface area contributed by atoms with Crippen LogP contribution in [0.4, 0.5) is 15.8 Å². The van der Waals surface area contributed by atoms with E-state index in [2.05, 4.69) is 5.32 Å². The molecular formula is C14H11FN2O4. The fraction of sp³-hybridized carbons (Fsp3) is 0.0714. The van der Waals surface area contributed by atoms with Gasteiger partial charge in [0.2, 0.25) is 0 Å². The number of amides is 1. The van der Waals surface area contributed by atoms with Gasteiger partial charge in [0.15, 0.2) is 0 Å². The van der Waals surface area contributed by atoms with Gasteiger partial charge in [0.25, 0.3) is 11.6 Å². The van der Waals surface area contributed by atoms with Crippen LogP contribution in [0.15, 0.2) is 42.5 Å². The number of hydrogen-bond acceptors (Lipinski definition) is 4. The summed E-state index contributed by atoms with van der Waals surface area (Å²) in [4.78, 5) is 22.1. The van der Waals surface area contributed by atoms with Gasteiger partial charge in [0.1, 0.15) is 11.4 Å². The highest BCUT2D eigenvalue weighted by molar-refractivity contribution is 6.07. The maximum absolute atomic E-state index is 13.0. The van der Waals surface area contributed by atoms with Crippen LogP contribution in [0, 0.1) is 15.9 Å². The summed E-state index contributed by atoms with van der Waals surface area (Å²) in [6.45, 7) is -0.290. The van der Waals surface area contributed by atoms with E-state index >= 15 is 0 Å². The Labute approximate surface area is 119 Å². The maximum Gasteiger partial charge on any atom is 0.285 e. The summed E-state index contributed by atoms with van der Waals surface area (Å²) in [7, 11) is 0. The third-order valence-electron chi connectivity index (χ3n) is 2.84. The van der Waals surface area contributed by atoms with Crippen molar-refractivity contribution in [3.05, 3.63) is 69.5 Å². The lowest BCUT2D eigenvalue weighted by atomic mass is 10.1. The maximum atomic E-state index is 13.0. The standard InChI is InChI=1S/C14H11FN2O4/c15-10-5-6-11(13(7-10)17(20)21)14(19)16-12-4-2-1-3-9(12)8-18/h1-7,18H,8H2,(H,16,19). The number of anilines is 1. The average Bonchev–Trinajstić information content (AvgIpc) is 2.47. The summed E-state index contributed by atoms with van der Waals surface area (Å²) in [5.74, 6) is -1.54. The predicted molar refractivity (Wildman–Crippen MR) is 73.4 cm³/mol. The third-order valence-corrected chi connectivity index (χ3v) is 2.84. The lowest BCUT2D eigenvalue weighted by Crippen LogP contribution is -2.15. The number of nitrogens with one attached hydrogen (secondary N) is 1. The minimum atomic E-state index is -0.823. The number of nitrogens with zero attached hydrogens (tertiary/aromatic N) is 1. The second-order valence-corrected chi connectivity index (χ2v) is 4.19. The molecule has 2 aromatic carbocycles. The highest BCUT2D eigenvalue weighted by atomic mass is 19.1. The number of halogens is 1. The Morgan fingerprint density at radius 3 is 2.67 bits per heavy atom. The van der Waals surface area contributed by atoms with Crippen molar-refractivity contribution in [3.8, 4) is 0 Å². The summed E-state index contributed by atoms with van der Waals surface area (Å²) in [6, 6.07) is 9.19. The third kappa shape index (κ3) is 3.21. The summed E-state index contributed by atoms with van der Waals surface area (Å²) in [5.41, 5.74) is -0.0673. The molecule has 0 aliphatic heterocycles. The van der Waals surface area contributed by atoms with Crippen LogP contribution in [0.2, 0.25) is 0 Å². The van der Waals surface area contributed by atoms with E-state index in [4.69, 9.17) is 0 Å². The van der Waals surface area contributed by atoms with Gasteiger partial charge in [-0.25, -0.2) is 4.39 Å². The second-order valence-electron chi connectivity index (χ2n) is 4.19. The number of benzene rings is 2. The first-order chi connectivity index (χ1) is 10.0. The van der Waals surface area contributed by atoms with Crippen LogP contribution in [0.25, 0.3) is 0 Å². The number of hydrogen-bond donors (Lipinski definition) is 2. The van der Waals surface area contributed by atoms with E-state index in [1.807, 2.05) is 0 Å². The number of aliphatic hydroxyl groups excluding tert-OH is 1. The lowest BCUT2D eigenvalue weighted by Gasteiger charge is -2.09. The van der Waals surface area contributed by atoms with Crippen molar-refractivity contribution in [3.63, 3.8) is 0 Å². The Hall–Kier alpha value is -2.80. The van der Waals surface area contributed by atoms with Crippen LogP contribution in [-0.2, 0) is 6.61 Å². The van der Waals surface area contributed by atoms with Crippen LogP contribution in [0.3, 0.4) is 0 Å². The van der Waals surface area contributed by atoms with Crippen LogP contribution in [-0.4, -0.2) is 15.9 Å². The molecule has 7 heteroatoms. The van der Waals surface area contributed by atoms with E-state index in [1.54, 1.807) is 24.3 Å². The van der Waals surface area contributed by atoms with Crippen molar-refractivity contribution in [2.75, 3.05) is 5.32 Å². The first kappa shape index (κ1) is 14.6. The molecule has 0 saturated heterocycles. The quantitative estimate of drug-likeness (QED) is 0.668. The monoisotopic (exact) mass is 290 g/mol. The van der Waals surface area contributed by atoms with Crippen LogP contribution in [0.1, 0.15) is 15.9 Å². The number of carbonyl (C=O) groups excluding carboxylic acids is 1. The normalized spacial score (nSPS) is 10.2.